The van der Waals surface area contributed by atoms with Gasteiger partial charge < -0.3 is 15.3 Å². The first-order valence-electron chi connectivity index (χ1n) is 8.94. The van der Waals surface area contributed by atoms with Crippen molar-refractivity contribution in [3.63, 3.8) is 0 Å². The lowest BCUT2D eigenvalue weighted by Gasteiger charge is -2.00. The summed E-state index contributed by atoms with van der Waals surface area (Å²) in [6, 6.07) is 19.0. The molecule has 27 heavy (non-hydrogen) atoms. The van der Waals surface area contributed by atoms with E-state index in [1.165, 1.54) is 42.4 Å². The van der Waals surface area contributed by atoms with Crippen LogP contribution in [-0.4, -0.2) is 34.4 Å². The maximum atomic E-state index is 9.00. The molecule has 3 rings (SSSR count). The second-order valence-electron chi connectivity index (χ2n) is 6.19. The number of carboxylic acids is 1. The van der Waals surface area contributed by atoms with Crippen molar-refractivity contribution in [2.24, 2.45) is 5.92 Å². The monoisotopic (exact) mass is 374 g/mol. The molecule has 2 aromatic rings. The quantitative estimate of drug-likeness (QED) is 0.667. The summed E-state index contributed by atoms with van der Waals surface area (Å²) < 4.78 is 0. The van der Waals surface area contributed by atoms with Gasteiger partial charge in [-0.3, -0.25) is 9.59 Å². The van der Waals surface area contributed by atoms with E-state index in [0.717, 1.165) is 6.92 Å². The molecule has 0 spiro atoms. The van der Waals surface area contributed by atoms with Gasteiger partial charge in [-0.1, -0.05) is 73.0 Å². The van der Waals surface area contributed by atoms with Gasteiger partial charge in [-0.15, -0.1) is 0 Å². The molecule has 2 aromatic carbocycles. The van der Waals surface area contributed by atoms with Crippen molar-refractivity contribution in [3.05, 3.63) is 60.2 Å². The lowest BCUT2D eigenvalue weighted by Crippen LogP contribution is -1.97. The number of aliphatic carboxylic acids is 1. The summed E-state index contributed by atoms with van der Waals surface area (Å²) in [6.07, 6.45) is 5.20. The Morgan fingerprint density at radius 1 is 1.00 bits per heavy atom. The third-order valence-corrected chi connectivity index (χ3v) is 3.89. The van der Waals surface area contributed by atoms with Crippen LogP contribution in [-0.2, 0) is 9.59 Å². The van der Waals surface area contributed by atoms with E-state index in [1.807, 2.05) is 6.07 Å². The molecular weight excluding hydrogens is 344 g/mol. The molecule has 0 saturated heterocycles. The molecule has 0 amide bonds. The molecule has 148 valence electrons. The largest absolute Gasteiger partial charge is 0.483 e. The summed E-state index contributed by atoms with van der Waals surface area (Å²) in [5, 5.41) is 22.9. The third-order valence-electron chi connectivity index (χ3n) is 3.89. The molecule has 1 saturated carbocycles. The Morgan fingerprint density at radius 3 is 1.78 bits per heavy atom. The molecule has 0 aromatic heterocycles. The maximum Gasteiger partial charge on any atom is 0.300 e. The number of aliphatic hydroxyl groups is 1. The van der Waals surface area contributed by atoms with Gasteiger partial charge in [-0.25, -0.2) is 0 Å². The minimum atomic E-state index is -0.833. The number of rotatable bonds is 2. The lowest BCUT2D eigenvalue weighted by atomic mass is 10.0. The highest BCUT2D eigenvalue weighted by atomic mass is 16.4. The van der Waals surface area contributed by atoms with Gasteiger partial charge in [0.25, 0.3) is 12.4 Å². The Balaban J connectivity index is 0.000000407. The molecule has 5 nitrogen and oxygen atoms in total. The fourth-order valence-electron chi connectivity index (χ4n) is 2.57. The molecule has 0 radical (unpaired) electrons. The molecule has 1 aliphatic rings. The van der Waals surface area contributed by atoms with E-state index in [-0.39, 0.29) is 6.47 Å². The fraction of sp³-hybridized carbons (Fsp3) is 0.364. The minimum absolute atomic E-state index is 0.250. The molecular formula is C22H30O5. The van der Waals surface area contributed by atoms with E-state index in [1.54, 1.807) is 0 Å². The molecule has 0 aliphatic heterocycles. The Bertz CT molecular complexity index is 613. The number of carbonyl (C=O) groups is 2. The van der Waals surface area contributed by atoms with Crippen LogP contribution in [0.1, 0.15) is 38.2 Å². The van der Waals surface area contributed by atoms with Crippen LogP contribution in [0.4, 0.5) is 0 Å². The van der Waals surface area contributed by atoms with E-state index in [2.05, 4.69) is 55.5 Å². The van der Waals surface area contributed by atoms with Crippen LogP contribution in [0.2, 0.25) is 0 Å². The summed E-state index contributed by atoms with van der Waals surface area (Å²) in [5.74, 6) is -0.181. The van der Waals surface area contributed by atoms with Crippen LogP contribution in [0.15, 0.2) is 54.6 Å². The summed E-state index contributed by atoms with van der Waals surface area (Å²) >= 11 is 0. The smallest absolute Gasteiger partial charge is 0.300 e. The standard InChI is InChI=1S/C13H12.C6H12O.C2H4O2.CH2O2/c1-11-7-9-13(10-8-11)12-5-3-2-4-6-12;7-5-6-3-1-2-4-6;1-2(3)4;2-1-3/h2-10H,1H3;6-7H,1-5H2;1H3,(H,3,4);1H,(H,2,3). The van der Waals surface area contributed by atoms with Crippen LogP contribution < -0.4 is 0 Å². The zero-order valence-electron chi connectivity index (χ0n) is 16.0. The first kappa shape index (κ1) is 24.3. The predicted octanol–water partition coefficient (Wildman–Crippen LogP) is 4.62. The molecule has 0 bridgehead atoms. The Morgan fingerprint density at radius 2 is 1.41 bits per heavy atom. The van der Waals surface area contributed by atoms with Crippen molar-refractivity contribution in [1.82, 2.24) is 0 Å². The first-order valence-corrected chi connectivity index (χ1v) is 8.94. The number of aliphatic hydroxyl groups excluding tert-OH is 1. The van der Waals surface area contributed by atoms with E-state index < -0.39 is 5.97 Å². The summed E-state index contributed by atoms with van der Waals surface area (Å²) in [5.41, 5.74) is 3.87. The molecule has 3 N–H and O–H groups in total. The number of hydrogen-bond acceptors (Lipinski definition) is 3. The van der Waals surface area contributed by atoms with Gasteiger partial charge in [0.2, 0.25) is 0 Å². The van der Waals surface area contributed by atoms with Gasteiger partial charge in [-0.05, 0) is 36.8 Å². The third kappa shape index (κ3) is 13.2. The highest BCUT2D eigenvalue weighted by Crippen LogP contribution is 2.23. The minimum Gasteiger partial charge on any atom is -0.483 e. The SMILES string of the molecule is CC(=O)O.Cc1ccc(-c2ccccc2)cc1.O=CO.OCC1CCCC1. The summed E-state index contributed by atoms with van der Waals surface area (Å²) in [7, 11) is 0. The van der Waals surface area contributed by atoms with Crippen molar-refractivity contribution in [2.75, 3.05) is 6.61 Å². The average Bonchev–Trinajstić information content (AvgIpc) is 3.18. The average molecular weight is 374 g/mol. The lowest BCUT2D eigenvalue weighted by molar-refractivity contribution is -0.134. The zero-order chi connectivity index (χ0) is 20.5. The molecule has 1 fully saturated rings. The van der Waals surface area contributed by atoms with Crippen molar-refractivity contribution in [3.8, 4) is 11.1 Å². The highest BCUT2D eigenvalue weighted by Gasteiger charge is 2.12. The number of carboxylic acid groups (broad SMARTS) is 2. The van der Waals surface area contributed by atoms with Gasteiger partial charge in [0.05, 0.1) is 0 Å². The Labute approximate surface area is 161 Å². The molecule has 1 aliphatic carbocycles. The van der Waals surface area contributed by atoms with Gasteiger partial charge in [0.15, 0.2) is 0 Å². The molecule has 0 heterocycles. The van der Waals surface area contributed by atoms with Crippen molar-refractivity contribution < 1.29 is 24.9 Å². The molecule has 5 heteroatoms. The normalized spacial score (nSPS) is 12.3. The van der Waals surface area contributed by atoms with Gasteiger partial charge in [0.1, 0.15) is 0 Å². The van der Waals surface area contributed by atoms with Gasteiger partial charge >= 0.3 is 0 Å². The Kier molecular flexibility index (Phi) is 14.0. The first-order chi connectivity index (χ1) is 12.9. The van der Waals surface area contributed by atoms with E-state index in [0.29, 0.717) is 12.5 Å². The second-order valence-corrected chi connectivity index (χ2v) is 6.19. The van der Waals surface area contributed by atoms with Gasteiger partial charge in [-0.2, -0.15) is 0 Å². The predicted molar refractivity (Wildman–Crippen MR) is 108 cm³/mol. The van der Waals surface area contributed by atoms with Crippen LogP contribution in [0.5, 0.6) is 0 Å². The van der Waals surface area contributed by atoms with Crippen LogP contribution in [0.3, 0.4) is 0 Å². The van der Waals surface area contributed by atoms with Crippen molar-refractivity contribution in [1.29, 1.82) is 0 Å². The van der Waals surface area contributed by atoms with Crippen LogP contribution in [0, 0.1) is 12.8 Å². The number of benzene rings is 2. The zero-order valence-corrected chi connectivity index (χ0v) is 16.0. The second kappa shape index (κ2) is 15.6. The maximum absolute atomic E-state index is 9.00. The molecule has 0 unspecified atom stereocenters. The van der Waals surface area contributed by atoms with Crippen LogP contribution in [0.25, 0.3) is 11.1 Å². The van der Waals surface area contributed by atoms with Crippen molar-refractivity contribution >= 4 is 12.4 Å². The fourth-order valence-corrected chi connectivity index (χ4v) is 2.57. The Hall–Kier alpha value is -2.66. The van der Waals surface area contributed by atoms with Crippen LogP contribution >= 0.6 is 0 Å². The number of aryl methyl sites for hydroxylation is 1. The summed E-state index contributed by atoms with van der Waals surface area (Å²) in [4.78, 5) is 17.4. The van der Waals surface area contributed by atoms with Gasteiger partial charge in [0, 0.05) is 13.5 Å². The highest BCUT2D eigenvalue weighted by molar-refractivity contribution is 5.63. The van der Waals surface area contributed by atoms with Crippen molar-refractivity contribution in [2.45, 2.75) is 39.5 Å². The molecule has 0 atom stereocenters. The number of hydrogen-bond donors (Lipinski definition) is 3. The van der Waals surface area contributed by atoms with E-state index >= 15 is 0 Å². The summed E-state index contributed by atoms with van der Waals surface area (Å²) in [6.45, 7) is 3.36. The van der Waals surface area contributed by atoms with E-state index in [9.17, 15) is 0 Å². The van der Waals surface area contributed by atoms with E-state index in [4.69, 9.17) is 24.9 Å². The topological polar surface area (TPSA) is 94.8 Å².